The predicted octanol–water partition coefficient (Wildman–Crippen LogP) is 1.41. The average molecular weight is 246 g/mol. The molecule has 0 amide bonds. The van der Waals surface area contributed by atoms with Gasteiger partial charge in [0.2, 0.25) is 0 Å². The van der Waals surface area contributed by atoms with Gasteiger partial charge in [0.25, 0.3) is 0 Å². The predicted molar refractivity (Wildman–Crippen MR) is 71.0 cm³/mol. The quantitative estimate of drug-likeness (QED) is 0.857. The molecule has 4 nitrogen and oxygen atoms in total. The highest BCUT2D eigenvalue weighted by molar-refractivity contribution is 5.11. The molecule has 2 heterocycles. The van der Waals surface area contributed by atoms with Crippen LogP contribution >= 0.6 is 0 Å². The first-order chi connectivity index (χ1) is 8.57. The molecule has 2 aliphatic rings. The third-order valence-corrected chi connectivity index (χ3v) is 4.53. The lowest BCUT2D eigenvalue weighted by atomic mass is 9.66. The van der Waals surface area contributed by atoms with E-state index < -0.39 is 0 Å². The first kappa shape index (κ1) is 12.1. The molecular formula is C14H22N4. The van der Waals surface area contributed by atoms with E-state index in [1.165, 1.54) is 19.3 Å². The molecule has 1 aliphatic heterocycles. The van der Waals surface area contributed by atoms with E-state index in [0.717, 1.165) is 36.8 Å². The number of hydrogen-bond acceptors (Lipinski definition) is 4. The summed E-state index contributed by atoms with van der Waals surface area (Å²) in [5.74, 6) is 0.867. The zero-order valence-electron chi connectivity index (χ0n) is 11.3. The Labute approximate surface area is 109 Å². The van der Waals surface area contributed by atoms with Crippen LogP contribution in [0.1, 0.15) is 36.5 Å². The summed E-state index contributed by atoms with van der Waals surface area (Å²) in [5, 5.41) is 0. The van der Waals surface area contributed by atoms with Crippen LogP contribution in [0.25, 0.3) is 0 Å². The van der Waals surface area contributed by atoms with Gasteiger partial charge in [-0.2, -0.15) is 0 Å². The minimum atomic E-state index is 0.357. The summed E-state index contributed by atoms with van der Waals surface area (Å²) in [6, 6.07) is 2.44. The van der Waals surface area contributed by atoms with E-state index in [1.54, 1.807) is 0 Å². The van der Waals surface area contributed by atoms with E-state index in [-0.39, 0.29) is 0 Å². The Morgan fingerprint density at radius 1 is 1.39 bits per heavy atom. The fourth-order valence-corrected chi connectivity index (χ4v) is 3.48. The molecule has 0 bridgehead atoms. The molecule has 4 heteroatoms. The van der Waals surface area contributed by atoms with Crippen molar-refractivity contribution in [2.75, 3.05) is 13.1 Å². The topological polar surface area (TPSA) is 55.0 Å². The van der Waals surface area contributed by atoms with Crippen molar-refractivity contribution < 1.29 is 0 Å². The summed E-state index contributed by atoms with van der Waals surface area (Å²) < 4.78 is 0. The van der Waals surface area contributed by atoms with Gasteiger partial charge in [0, 0.05) is 31.4 Å². The molecule has 1 aliphatic carbocycles. The van der Waals surface area contributed by atoms with Crippen molar-refractivity contribution >= 4 is 0 Å². The van der Waals surface area contributed by atoms with Crippen LogP contribution in [0.15, 0.2) is 6.07 Å². The van der Waals surface area contributed by atoms with Crippen LogP contribution in [0.2, 0.25) is 0 Å². The Balaban J connectivity index is 1.70. The number of likely N-dealkylation sites (tertiary alicyclic amines) is 1. The molecule has 2 fully saturated rings. The molecule has 0 aromatic carbocycles. The lowest BCUT2D eigenvalue weighted by molar-refractivity contribution is 0.121. The monoisotopic (exact) mass is 246 g/mol. The van der Waals surface area contributed by atoms with E-state index >= 15 is 0 Å². The van der Waals surface area contributed by atoms with Crippen LogP contribution in [-0.4, -0.2) is 34.0 Å². The summed E-state index contributed by atoms with van der Waals surface area (Å²) in [6.45, 7) is 7.07. The molecule has 1 atom stereocenters. The highest BCUT2D eigenvalue weighted by Gasteiger charge is 2.48. The standard InChI is InChI=1S/C14H22N4/c1-10-6-12(17-11(2)16-10)7-18-8-13(15)14(9-18)4-3-5-14/h6,13H,3-5,7-9,15H2,1-2H3. The first-order valence-electron chi connectivity index (χ1n) is 6.86. The highest BCUT2D eigenvalue weighted by atomic mass is 15.2. The fraction of sp³-hybridized carbons (Fsp3) is 0.714. The molecular weight excluding hydrogens is 224 g/mol. The largest absolute Gasteiger partial charge is 0.326 e. The second kappa shape index (κ2) is 4.28. The maximum atomic E-state index is 6.30. The Morgan fingerprint density at radius 3 is 2.72 bits per heavy atom. The Bertz CT molecular complexity index is 433. The van der Waals surface area contributed by atoms with Gasteiger partial charge < -0.3 is 5.73 Å². The van der Waals surface area contributed by atoms with Crippen LogP contribution in [0.3, 0.4) is 0 Å². The minimum absolute atomic E-state index is 0.357. The number of aryl methyl sites for hydroxylation is 2. The van der Waals surface area contributed by atoms with Crippen molar-refractivity contribution in [2.45, 2.75) is 45.7 Å². The van der Waals surface area contributed by atoms with Crippen LogP contribution in [0.5, 0.6) is 0 Å². The van der Waals surface area contributed by atoms with Crippen LogP contribution in [-0.2, 0) is 6.54 Å². The molecule has 1 aromatic heterocycles. The van der Waals surface area contributed by atoms with Gasteiger partial charge in [-0.1, -0.05) is 6.42 Å². The molecule has 2 N–H and O–H groups in total. The van der Waals surface area contributed by atoms with Crippen molar-refractivity contribution in [2.24, 2.45) is 11.1 Å². The van der Waals surface area contributed by atoms with Crippen molar-refractivity contribution in [1.82, 2.24) is 14.9 Å². The zero-order chi connectivity index (χ0) is 12.8. The molecule has 98 valence electrons. The van der Waals surface area contributed by atoms with Gasteiger partial charge >= 0.3 is 0 Å². The Morgan fingerprint density at radius 2 is 2.17 bits per heavy atom. The van der Waals surface area contributed by atoms with E-state index in [4.69, 9.17) is 5.73 Å². The smallest absolute Gasteiger partial charge is 0.125 e. The third kappa shape index (κ3) is 2.04. The second-order valence-electron chi connectivity index (χ2n) is 6.04. The molecule has 1 unspecified atom stereocenters. The van der Waals surface area contributed by atoms with Crippen molar-refractivity contribution in [3.8, 4) is 0 Å². The molecule has 0 radical (unpaired) electrons. The van der Waals surface area contributed by atoms with Crippen molar-refractivity contribution in [1.29, 1.82) is 0 Å². The summed E-state index contributed by atoms with van der Waals surface area (Å²) in [5.41, 5.74) is 8.92. The maximum absolute atomic E-state index is 6.30. The van der Waals surface area contributed by atoms with Gasteiger partial charge in [-0.05, 0) is 38.2 Å². The SMILES string of the molecule is Cc1cc(CN2CC(N)C3(CCC3)C2)nc(C)n1. The average Bonchev–Trinajstić information content (AvgIpc) is 2.53. The molecule has 3 rings (SSSR count). The van der Waals surface area contributed by atoms with Gasteiger partial charge in [0.15, 0.2) is 0 Å². The maximum Gasteiger partial charge on any atom is 0.125 e. The van der Waals surface area contributed by atoms with E-state index in [9.17, 15) is 0 Å². The zero-order valence-corrected chi connectivity index (χ0v) is 11.3. The summed E-state index contributed by atoms with van der Waals surface area (Å²) in [6.07, 6.45) is 3.98. The highest BCUT2D eigenvalue weighted by Crippen LogP contribution is 2.47. The molecule has 1 aromatic rings. The molecule has 1 saturated heterocycles. The van der Waals surface area contributed by atoms with Crippen molar-refractivity contribution in [3.05, 3.63) is 23.3 Å². The molecule has 1 saturated carbocycles. The van der Waals surface area contributed by atoms with E-state index in [0.29, 0.717) is 11.5 Å². The van der Waals surface area contributed by atoms with Gasteiger partial charge in [-0.15, -0.1) is 0 Å². The van der Waals surface area contributed by atoms with Crippen LogP contribution in [0, 0.1) is 19.3 Å². The van der Waals surface area contributed by atoms with Gasteiger partial charge in [-0.3, -0.25) is 4.90 Å². The molecule has 18 heavy (non-hydrogen) atoms. The number of hydrogen-bond donors (Lipinski definition) is 1. The lowest BCUT2D eigenvalue weighted by Crippen LogP contribution is -2.45. The number of rotatable bonds is 2. The van der Waals surface area contributed by atoms with E-state index in [1.807, 2.05) is 13.8 Å². The van der Waals surface area contributed by atoms with E-state index in [2.05, 4.69) is 20.9 Å². The van der Waals surface area contributed by atoms with Crippen molar-refractivity contribution in [3.63, 3.8) is 0 Å². The molecule has 1 spiro atoms. The summed E-state index contributed by atoms with van der Waals surface area (Å²) in [4.78, 5) is 11.3. The number of nitrogens with zero attached hydrogens (tertiary/aromatic N) is 3. The van der Waals surface area contributed by atoms with Gasteiger partial charge in [0.05, 0.1) is 5.69 Å². The van der Waals surface area contributed by atoms with Gasteiger partial charge in [-0.25, -0.2) is 9.97 Å². The second-order valence-corrected chi connectivity index (χ2v) is 6.04. The summed E-state index contributed by atoms with van der Waals surface area (Å²) >= 11 is 0. The number of aromatic nitrogens is 2. The lowest BCUT2D eigenvalue weighted by Gasteiger charge is -2.41. The fourth-order valence-electron chi connectivity index (χ4n) is 3.48. The summed E-state index contributed by atoms with van der Waals surface area (Å²) in [7, 11) is 0. The number of nitrogens with two attached hydrogens (primary N) is 1. The van der Waals surface area contributed by atoms with Gasteiger partial charge in [0.1, 0.15) is 5.82 Å². The van der Waals surface area contributed by atoms with Crippen LogP contribution in [0.4, 0.5) is 0 Å². The minimum Gasteiger partial charge on any atom is -0.326 e. The van der Waals surface area contributed by atoms with Crippen LogP contribution < -0.4 is 5.73 Å². The Kier molecular flexibility index (Phi) is 2.87. The Hall–Kier alpha value is -1.00. The normalized spacial score (nSPS) is 26.5. The third-order valence-electron chi connectivity index (χ3n) is 4.53. The first-order valence-corrected chi connectivity index (χ1v) is 6.86.